The molecule has 0 unspecified atom stereocenters. The molecular formula is C26H17FO4. The first-order valence-corrected chi connectivity index (χ1v) is 9.53. The Morgan fingerprint density at radius 1 is 0.645 bits per heavy atom. The van der Waals surface area contributed by atoms with Gasteiger partial charge in [0, 0.05) is 11.1 Å². The molecule has 0 radical (unpaired) electrons. The average Bonchev–Trinajstić information content (AvgIpc) is 2.79. The van der Waals surface area contributed by atoms with Crippen molar-refractivity contribution in [2.75, 3.05) is 0 Å². The van der Waals surface area contributed by atoms with Crippen LogP contribution in [0.15, 0.2) is 97.1 Å². The van der Waals surface area contributed by atoms with E-state index in [1.165, 1.54) is 24.3 Å². The number of carbonyl (C=O) groups excluding carboxylic acids is 2. The minimum absolute atomic E-state index is 0.00606. The van der Waals surface area contributed by atoms with Crippen LogP contribution in [0.4, 0.5) is 4.39 Å². The van der Waals surface area contributed by atoms with Crippen LogP contribution in [0.3, 0.4) is 0 Å². The van der Waals surface area contributed by atoms with Gasteiger partial charge in [0.2, 0.25) is 0 Å². The number of phenolic OH excluding ortho intramolecular Hbond substituents is 1. The minimum atomic E-state index is -0.571. The Labute approximate surface area is 178 Å². The predicted molar refractivity (Wildman–Crippen MR) is 114 cm³/mol. The summed E-state index contributed by atoms with van der Waals surface area (Å²) in [5.74, 6) is -0.520. The van der Waals surface area contributed by atoms with Crippen LogP contribution in [-0.4, -0.2) is 16.7 Å². The molecule has 0 atom stereocenters. The Morgan fingerprint density at radius 2 is 1.29 bits per heavy atom. The fourth-order valence-electron chi connectivity index (χ4n) is 3.13. The van der Waals surface area contributed by atoms with Crippen molar-refractivity contribution in [1.82, 2.24) is 0 Å². The van der Waals surface area contributed by atoms with Gasteiger partial charge in [-0.25, -0.2) is 4.39 Å². The highest BCUT2D eigenvalue weighted by Gasteiger charge is 2.15. The number of phenols is 1. The third kappa shape index (κ3) is 4.36. The Morgan fingerprint density at radius 3 is 2.00 bits per heavy atom. The molecule has 4 aromatic carbocycles. The summed E-state index contributed by atoms with van der Waals surface area (Å²) in [4.78, 5) is 25.1. The van der Waals surface area contributed by atoms with Crippen LogP contribution in [0.5, 0.6) is 17.2 Å². The summed E-state index contributed by atoms with van der Waals surface area (Å²) in [5.41, 5.74) is 0.911. The van der Waals surface area contributed by atoms with Gasteiger partial charge in [0.05, 0.1) is 11.1 Å². The molecule has 0 aliphatic carbocycles. The molecule has 4 nitrogen and oxygen atoms in total. The summed E-state index contributed by atoms with van der Waals surface area (Å²) in [6.07, 6.45) is 0. The van der Waals surface area contributed by atoms with E-state index < -0.39 is 11.6 Å². The lowest BCUT2D eigenvalue weighted by molar-refractivity contribution is 0.102. The number of halogens is 1. The van der Waals surface area contributed by atoms with Crippen LogP contribution in [0.1, 0.15) is 31.8 Å². The van der Waals surface area contributed by atoms with Crippen LogP contribution >= 0.6 is 0 Å². The average molecular weight is 412 g/mol. The third-order valence-corrected chi connectivity index (χ3v) is 4.72. The van der Waals surface area contributed by atoms with E-state index in [2.05, 4.69) is 0 Å². The zero-order valence-electron chi connectivity index (χ0n) is 16.3. The van der Waals surface area contributed by atoms with Crippen LogP contribution < -0.4 is 4.74 Å². The predicted octanol–water partition coefficient (Wildman–Crippen LogP) is 5.79. The highest BCUT2D eigenvalue weighted by Crippen LogP contribution is 2.26. The fourth-order valence-corrected chi connectivity index (χ4v) is 3.13. The number of hydrogen-bond donors (Lipinski definition) is 1. The minimum Gasteiger partial charge on any atom is -0.507 e. The number of ketones is 2. The molecule has 0 aliphatic rings. The molecule has 0 spiro atoms. The highest BCUT2D eigenvalue weighted by atomic mass is 19.1. The van der Waals surface area contributed by atoms with Crippen LogP contribution in [0.2, 0.25) is 0 Å². The molecule has 0 aliphatic heterocycles. The van der Waals surface area contributed by atoms with Gasteiger partial charge in [-0.3, -0.25) is 9.59 Å². The first-order valence-electron chi connectivity index (χ1n) is 9.53. The summed E-state index contributed by atoms with van der Waals surface area (Å²) in [6, 6.07) is 25.1. The molecule has 0 bridgehead atoms. The number of hydrogen-bond acceptors (Lipinski definition) is 4. The number of aromatic hydroxyl groups is 1. The van der Waals surface area contributed by atoms with Crippen LogP contribution in [-0.2, 0) is 0 Å². The Balaban J connectivity index is 1.52. The third-order valence-electron chi connectivity index (χ3n) is 4.72. The zero-order valence-corrected chi connectivity index (χ0v) is 16.3. The quantitative estimate of drug-likeness (QED) is 0.408. The van der Waals surface area contributed by atoms with Crippen molar-refractivity contribution in [3.05, 3.63) is 125 Å². The van der Waals surface area contributed by atoms with Gasteiger partial charge < -0.3 is 9.84 Å². The molecule has 0 saturated heterocycles. The van der Waals surface area contributed by atoms with Gasteiger partial charge in [-0.15, -0.1) is 0 Å². The van der Waals surface area contributed by atoms with Gasteiger partial charge in [-0.2, -0.15) is 0 Å². The van der Waals surface area contributed by atoms with Crippen LogP contribution in [0.25, 0.3) is 0 Å². The van der Waals surface area contributed by atoms with Gasteiger partial charge in [-0.05, 0) is 60.7 Å². The summed E-state index contributed by atoms with van der Waals surface area (Å²) in [7, 11) is 0. The molecular weight excluding hydrogens is 395 g/mol. The molecule has 5 heteroatoms. The standard InChI is InChI=1S/C26H17FO4/c27-23-10-3-1-8-21(23)25(29)17-12-14-19(15-13-17)31-20-7-5-6-18(16-20)26(30)22-9-2-4-11-24(22)28/h1-16,28H. The molecule has 0 amide bonds. The summed E-state index contributed by atoms with van der Waals surface area (Å²) < 4.78 is 19.7. The Kier molecular flexibility index (Phi) is 5.58. The largest absolute Gasteiger partial charge is 0.507 e. The molecule has 31 heavy (non-hydrogen) atoms. The second-order valence-corrected chi connectivity index (χ2v) is 6.81. The summed E-state index contributed by atoms with van der Waals surface area (Å²) in [5, 5.41) is 9.91. The Hall–Kier alpha value is -4.25. The van der Waals surface area contributed by atoms with Crippen molar-refractivity contribution in [2.24, 2.45) is 0 Å². The lowest BCUT2D eigenvalue weighted by atomic mass is 10.0. The fraction of sp³-hybridized carbons (Fsp3) is 0. The van der Waals surface area contributed by atoms with Gasteiger partial charge >= 0.3 is 0 Å². The number of benzene rings is 4. The van der Waals surface area contributed by atoms with Crippen LogP contribution in [0, 0.1) is 5.82 Å². The highest BCUT2D eigenvalue weighted by molar-refractivity contribution is 6.11. The smallest absolute Gasteiger partial charge is 0.196 e. The Bertz CT molecular complexity index is 1260. The van der Waals surface area contributed by atoms with Gasteiger partial charge in [0.15, 0.2) is 11.6 Å². The monoisotopic (exact) mass is 412 g/mol. The maximum atomic E-state index is 13.9. The molecule has 1 N–H and O–H groups in total. The molecule has 0 saturated carbocycles. The zero-order chi connectivity index (χ0) is 21.8. The molecule has 0 aromatic heterocycles. The molecule has 4 aromatic rings. The molecule has 4 rings (SSSR count). The molecule has 0 heterocycles. The topological polar surface area (TPSA) is 63.6 Å². The lowest BCUT2D eigenvalue weighted by Crippen LogP contribution is -2.04. The normalized spacial score (nSPS) is 10.5. The second kappa shape index (κ2) is 8.63. The second-order valence-electron chi connectivity index (χ2n) is 6.81. The van der Waals surface area contributed by atoms with E-state index in [0.29, 0.717) is 22.6 Å². The number of para-hydroxylation sites is 1. The van der Waals surface area contributed by atoms with E-state index >= 15 is 0 Å². The maximum absolute atomic E-state index is 13.9. The van der Waals surface area contributed by atoms with E-state index in [0.717, 1.165) is 0 Å². The van der Waals surface area contributed by atoms with Crippen molar-refractivity contribution in [1.29, 1.82) is 0 Å². The lowest BCUT2D eigenvalue weighted by Gasteiger charge is -2.09. The first kappa shape index (κ1) is 20.0. The number of carbonyl (C=O) groups is 2. The first-order chi connectivity index (χ1) is 15.0. The van der Waals surface area contributed by atoms with Crippen molar-refractivity contribution in [3.8, 4) is 17.2 Å². The SMILES string of the molecule is O=C(c1cccc(Oc2ccc(C(=O)c3ccccc3F)cc2)c1)c1ccccc1O. The van der Waals surface area contributed by atoms with Gasteiger partial charge in [0.25, 0.3) is 0 Å². The van der Waals surface area contributed by atoms with Crippen molar-refractivity contribution >= 4 is 11.6 Å². The molecule has 0 fully saturated rings. The summed E-state index contributed by atoms with van der Waals surface area (Å²) >= 11 is 0. The van der Waals surface area contributed by atoms with E-state index in [9.17, 15) is 19.1 Å². The van der Waals surface area contributed by atoms with Gasteiger partial charge in [-0.1, -0.05) is 36.4 Å². The van der Waals surface area contributed by atoms with E-state index in [4.69, 9.17) is 4.74 Å². The maximum Gasteiger partial charge on any atom is 0.196 e. The number of rotatable bonds is 6. The van der Waals surface area contributed by atoms with Gasteiger partial charge in [0.1, 0.15) is 23.1 Å². The van der Waals surface area contributed by atoms with E-state index in [1.807, 2.05) is 0 Å². The van der Waals surface area contributed by atoms with E-state index in [1.54, 1.807) is 72.8 Å². The molecule has 152 valence electrons. The van der Waals surface area contributed by atoms with E-state index in [-0.39, 0.29) is 22.7 Å². The summed E-state index contributed by atoms with van der Waals surface area (Å²) in [6.45, 7) is 0. The van der Waals surface area contributed by atoms with Crippen molar-refractivity contribution in [3.63, 3.8) is 0 Å². The van der Waals surface area contributed by atoms with Crippen molar-refractivity contribution in [2.45, 2.75) is 0 Å². The number of ether oxygens (including phenoxy) is 1. The van der Waals surface area contributed by atoms with Crippen molar-refractivity contribution < 1.29 is 23.8 Å².